The minimum absolute atomic E-state index is 0.0557. The first-order valence-corrected chi connectivity index (χ1v) is 10.1. The van der Waals surface area contributed by atoms with Crippen molar-refractivity contribution < 1.29 is 23.9 Å². The SMILES string of the molecule is CC1CCCCC1NC(=O)NC(=O)COC(=O)c1ccc(N2CCCC2=O)cc1. The van der Waals surface area contributed by atoms with Crippen LogP contribution < -0.4 is 15.5 Å². The van der Waals surface area contributed by atoms with Gasteiger partial charge in [0.1, 0.15) is 0 Å². The van der Waals surface area contributed by atoms with Crippen molar-refractivity contribution in [1.29, 1.82) is 0 Å². The molecule has 29 heavy (non-hydrogen) atoms. The average molecular weight is 401 g/mol. The molecule has 0 spiro atoms. The van der Waals surface area contributed by atoms with E-state index >= 15 is 0 Å². The van der Waals surface area contributed by atoms with Gasteiger partial charge < -0.3 is 15.0 Å². The van der Waals surface area contributed by atoms with Crippen LogP contribution >= 0.6 is 0 Å². The van der Waals surface area contributed by atoms with Crippen molar-refractivity contribution in [1.82, 2.24) is 10.6 Å². The molecule has 8 heteroatoms. The summed E-state index contributed by atoms with van der Waals surface area (Å²) in [5, 5.41) is 5.01. The molecule has 2 aliphatic rings. The number of ether oxygens (including phenoxy) is 1. The minimum Gasteiger partial charge on any atom is -0.452 e. The normalized spacial score (nSPS) is 21.6. The number of esters is 1. The number of hydrogen-bond acceptors (Lipinski definition) is 5. The molecule has 2 unspecified atom stereocenters. The molecule has 2 atom stereocenters. The van der Waals surface area contributed by atoms with Gasteiger partial charge in [0.2, 0.25) is 5.91 Å². The molecule has 8 nitrogen and oxygen atoms in total. The summed E-state index contributed by atoms with van der Waals surface area (Å²) in [6, 6.07) is 5.96. The summed E-state index contributed by atoms with van der Waals surface area (Å²) in [6.45, 7) is 2.21. The number of amides is 4. The number of rotatable bonds is 5. The fourth-order valence-corrected chi connectivity index (χ4v) is 3.81. The molecule has 3 rings (SSSR count). The number of imide groups is 1. The number of hydrogen-bond donors (Lipinski definition) is 2. The molecule has 156 valence electrons. The lowest BCUT2D eigenvalue weighted by Gasteiger charge is -2.29. The van der Waals surface area contributed by atoms with E-state index in [2.05, 4.69) is 17.6 Å². The number of anilines is 1. The average Bonchev–Trinajstić information content (AvgIpc) is 3.14. The van der Waals surface area contributed by atoms with E-state index in [0.29, 0.717) is 18.9 Å². The fraction of sp³-hybridized carbons (Fsp3) is 0.524. The molecule has 1 aromatic rings. The lowest BCUT2D eigenvalue weighted by Crippen LogP contribution is -2.48. The Kier molecular flexibility index (Phi) is 6.85. The lowest BCUT2D eigenvalue weighted by atomic mass is 9.86. The van der Waals surface area contributed by atoms with Gasteiger partial charge in [-0.3, -0.25) is 14.9 Å². The van der Waals surface area contributed by atoms with Gasteiger partial charge in [-0.1, -0.05) is 19.8 Å². The first-order chi connectivity index (χ1) is 13.9. The highest BCUT2D eigenvalue weighted by atomic mass is 16.5. The Morgan fingerprint density at radius 1 is 1.10 bits per heavy atom. The maximum absolute atomic E-state index is 12.1. The van der Waals surface area contributed by atoms with Crippen LogP contribution in [0.1, 0.15) is 55.8 Å². The number of nitrogens with one attached hydrogen (secondary N) is 2. The predicted octanol–water partition coefficient (Wildman–Crippen LogP) is 2.37. The van der Waals surface area contributed by atoms with Crippen molar-refractivity contribution in [3.63, 3.8) is 0 Å². The fourth-order valence-electron chi connectivity index (χ4n) is 3.81. The molecule has 1 aromatic carbocycles. The van der Waals surface area contributed by atoms with Crippen molar-refractivity contribution >= 4 is 29.5 Å². The molecule has 1 saturated heterocycles. The molecule has 1 heterocycles. The Balaban J connectivity index is 1.43. The highest BCUT2D eigenvalue weighted by molar-refractivity contribution is 5.98. The molecular weight excluding hydrogens is 374 g/mol. The summed E-state index contributed by atoms with van der Waals surface area (Å²) in [6.07, 6.45) is 5.53. The van der Waals surface area contributed by atoms with Crippen LogP contribution in [-0.2, 0) is 14.3 Å². The second-order valence-corrected chi connectivity index (χ2v) is 7.66. The van der Waals surface area contributed by atoms with E-state index in [0.717, 1.165) is 37.8 Å². The van der Waals surface area contributed by atoms with E-state index in [1.807, 2.05) is 0 Å². The Morgan fingerprint density at radius 2 is 1.83 bits per heavy atom. The van der Waals surface area contributed by atoms with Gasteiger partial charge in [0.15, 0.2) is 6.61 Å². The third-order valence-electron chi connectivity index (χ3n) is 5.50. The van der Waals surface area contributed by atoms with Crippen LogP contribution in [0.25, 0.3) is 0 Å². The zero-order chi connectivity index (χ0) is 20.8. The topological polar surface area (TPSA) is 105 Å². The van der Waals surface area contributed by atoms with E-state index < -0.39 is 24.5 Å². The van der Waals surface area contributed by atoms with Crippen LogP contribution in [0.15, 0.2) is 24.3 Å². The quantitative estimate of drug-likeness (QED) is 0.737. The molecule has 4 amide bonds. The van der Waals surface area contributed by atoms with Gasteiger partial charge >= 0.3 is 12.0 Å². The number of nitrogens with zero attached hydrogens (tertiary/aromatic N) is 1. The van der Waals surface area contributed by atoms with Crippen LogP contribution in [0.3, 0.4) is 0 Å². The van der Waals surface area contributed by atoms with E-state index in [-0.39, 0.29) is 17.5 Å². The maximum Gasteiger partial charge on any atom is 0.338 e. The van der Waals surface area contributed by atoms with E-state index in [9.17, 15) is 19.2 Å². The van der Waals surface area contributed by atoms with E-state index in [1.165, 1.54) is 0 Å². The maximum atomic E-state index is 12.1. The number of carbonyl (C=O) groups excluding carboxylic acids is 4. The molecule has 0 bridgehead atoms. The monoisotopic (exact) mass is 401 g/mol. The van der Waals surface area contributed by atoms with Crippen LogP contribution in [0.2, 0.25) is 0 Å². The predicted molar refractivity (Wildman–Crippen MR) is 106 cm³/mol. The largest absolute Gasteiger partial charge is 0.452 e. The molecule has 2 N–H and O–H groups in total. The Morgan fingerprint density at radius 3 is 2.48 bits per heavy atom. The molecule has 1 saturated carbocycles. The number of benzene rings is 1. The third-order valence-corrected chi connectivity index (χ3v) is 5.50. The summed E-state index contributed by atoms with van der Waals surface area (Å²) >= 11 is 0. The Labute approximate surface area is 170 Å². The van der Waals surface area contributed by atoms with E-state index in [4.69, 9.17) is 4.74 Å². The summed E-state index contributed by atoms with van der Waals surface area (Å²) in [4.78, 5) is 49.4. The second kappa shape index (κ2) is 9.54. The zero-order valence-electron chi connectivity index (χ0n) is 16.6. The highest BCUT2D eigenvalue weighted by Crippen LogP contribution is 2.23. The summed E-state index contributed by atoms with van der Waals surface area (Å²) in [7, 11) is 0. The minimum atomic E-state index is -0.682. The standard InChI is InChI=1S/C21H27N3O5/c1-14-5-2-3-6-17(14)22-21(28)23-18(25)13-29-20(27)15-8-10-16(11-9-15)24-12-4-7-19(24)26/h8-11,14,17H,2-7,12-13H2,1H3,(H2,22,23,25,28). The van der Waals surface area contributed by atoms with E-state index in [1.54, 1.807) is 29.2 Å². The van der Waals surface area contributed by atoms with Crippen LogP contribution in [0.4, 0.5) is 10.5 Å². The van der Waals surface area contributed by atoms with Gasteiger partial charge in [0.25, 0.3) is 5.91 Å². The van der Waals surface area contributed by atoms with Gasteiger partial charge in [-0.05, 0) is 49.4 Å². The second-order valence-electron chi connectivity index (χ2n) is 7.66. The first kappa shape index (κ1) is 20.8. The van der Waals surface area contributed by atoms with Crippen LogP contribution in [0.5, 0.6) is 0 Å². The zero-order valence-corrected chi connectivity index (χ0v) is 16.6. The summed E-state index contributed by atoms with van der Waals surface area (Å²) in [5.74, 6) is -0.904. The molecule has 2 fully saturated rings. The van der Waals surface area contributed by atoms with Crippen molar-refractivity contribution in [2.45, 2.75) is 51.5 Å². The Hall–Kier alpha value is -2.90. The number of carbonyl (C=O) groups is 4. The summed E-state index contributed by atoms with van der Waals surface area (Å²) < 4.78 is 4.98. The summed E-state index contributed by atoms with van der Waals surface area (Å²) in [5.41, 5.74) is 1.00. The molecular formula is C21H27N3O5. The molecule has 0 radical (unpaired) electrons. The van der Waals surface area contributed by atoms with Crippen molar-refractivity contribution in [2.75, 3.05) is 18.1 Å². The first-order valence-electron chi connectivity index (χ1n) is 10.1. The van der Waals surface area contributed by atoms with Gasteiger partial charge in [-0.2, -0.15) is 0 Å². The smallest absolute Gasteiger partial charge is 0.338 e. The van der Waals surface area contributed by atoms with Gasteiger partial charge in [-0.15, -0.1) is 0 Å². The molecule has 1 aliphatic heterocycles. The third kappa shape index (κ3) is 5.56. The van der Waals surface area contributed by atoms with Crippen molar-refractivity contribution in [3.8, 4) is 0 Å². The van der Waals surface area contributed by atoms with Gasteiger partial charge in [0, 0.05) is 24.7 Å². The molecule has 0 aromatic heterocycles. The van der Waals surface area contributed by atoms with Gasteiger partial charge in [-0.25, -0.2) is 9.59 Å². The van der Waals surface area contributed by atoms with Crippen molar-refractivity contribution in [2.24, 2.45) is 5.92 Å². The lowest BCUT2D eigenvalue weighted by molar-refractivity contribution is -0.123. The molecule has 1 aliphatic carbocycles. The van der Waals surface area contributed by atoms with Gasteiger partial charge in [0.05, 0.1) is 5.56 Å². The van der Waals surface area contributed by atoms with Crippen LogP contribution in [0, 0.1) is 5.92 Å². The van der Waals surface area contributed by atoms with Crippen molar-refractivity contribution in [3.05, 3.63) is 29.8 Å². The highest BCUT2D eigenvalue weighted by Gasteiger charge is 2.24. The van der Waals surface area contributed by atoms with Crippen LogP contribution in [-0.4, -0.2) is 43.0 Å². The number of urea groups is 1. The Bertz CT molecular complexity index is 777.